The summed E-state index contributed by atoms with van der Waals surface area (Å²) in [4.78, 5) is 4.74. The Hall–Kier alpha value is 1.59. The molecular formula is C2H6SnTe. The van der Waals surface area contributed by atoms with Crippen LogP contribution in [-0.2, 0) is 0 Å². The maximum absolute atomic E-state index is 2.37. The Morgan fingerprint density at radius 1 is 1.50 bits per heavy atom. The van der Waals surface area contributed by atoms with Gasteiger partial charge in [0.05, 0.1) is 0 Å². The molecule has 0 aliphatic rings. The molecule has 0 amide bonds. The molecule has 0 unspecified atom stereocenters. The standard InChI is InChI=1S/2CH3.Sn.Te/h2*1H3;;. The molecule has 0 aliphatic carbocycles. The van der Waals surface area contributed by atoms with Crippen molar-refractivity contribution >= 4 is 33.0 Å². The van der Waals surface area contributed by atoms with Crippen LogP contribution < -0.4 is 0 Å². The topological polar surface area (TPSA) is 0 Å². The van der Waals surface area contributed by atoms with Crippen molar-refractivity contribution in [2.45, 2.75) is 9.88 Å². The van der Waals surface area contributed by atoms with Gasteiger partial charge in [0.2, 0.25) is 0 Å². The molecule has 0 saturated carbocycles. The van der Waals surface area contributed by atoms with E-state index in [0.29, 0.717) is 0 Å². The van der Waals surface area contributed by atoms with Crippen molar-refractivity contribution in [2.24, 2.45) is 0 Å². The summed E-state index contributed by atoms with van der Waals surface area (Å²) in [7, 11) is 0. The Balaban J connectivity index is 2.80. The molecule has 24 valence electrons. The molecule has 0 heterocycles. The van der Waals surface area contributed by atoms with E-state index >= 15 is 0 Å². The second-order valence-corrected chi connectivity index (χ2v) is 21.7. The van der Waals surface area contributed by atoms with E-state index in [1.54, 1.807) is 0 Å². The Morgan fingerprint density at radius 2 is 1.50 bits per heavy atom. The first kappa shape index (κ1) is 5.59. The molecule has 0 radical (unpaired) electrons. The molecule has 0 nitrogen and oxygen atoms in total. The van der Waals surface area contributed by atoms with Gasteiger partial charge in [-0.05, 0) is 0 Å². The predicted octanol–water partition coefficient (Wildman–Crippen LogP) is 0.406. The second kappa shape index (κ2) is 2.81. The number of rotatable bonds is 0. The summed E-state index contributed by atoms with van der Waals surface area (Å²) in [6.07, 6.45) is 0. The minimum absolute atomic E-state index is 0.533. The van der Waals surface area contributed by atoms with Crippen molar-refractivity contribution in [1.29, 1.82) is 0 Å². The third-order valence-electron chi connectivity index (χ3n) is 0. The summed E-state index contributed by atoms with van der Waals surface area (Å²) in [6.45, 7) is 0. The molecule has 0 aromatic carbocycles. The zero-order valence-electron chi connectivity index (χ0n) is 2.91. The monoisotopic (exact) mass is 280 g/mol. The molecule has 0 rings (SSSR count). The molecule has 0 fully saturated rings. The fourth-order valence-corrected chi connectivity index (χ4v) is 0. The van der Waals surface area contributed by atoms with Gasteiger partial charge in [-0.1, -0.05) is 0 Å². The van der Waals surface area contributed by atoms with E-state index < -0.39 is 15.2 Å². The molecule has 0 N–H and O–H groups in total. The van der Waals surface area contributed by atoms with E-state index in [-0.39, 0.29) is 0 Å². The molecule has 0 spiro atoms. The molecule has 0 aromatic rings. The minimum atomic E-state index is -0.533. The predicted molar refractivity (Wildman–Crippen MR) is 23.2 cm³/mol. The van der Waals surface area contributed by atoms with Crippen LogP contribution in [0.4, 0.5) is 0 Å². The molecule has 0 aromatic heterocycles. The first-order valence-corrected chi connectivity index (χ1v) is 15.9. The zero-order chi connectivity index (χ0) is 3.58. The van der Waals surface area contributed by atoms with Gasteiger partial charge in [0.25, 0.3) is 0 Å². The van der Waals surface area contributed by atoms with E-state index in [2.05, 4.69) is 27.6 Å². The Morgan fingerprint density at radius 3 is 1.50 bits per heavy atom. The van der Waals surface area contributed by atoms with E-state index in [1.807, 2.05) is 0 Å². The first-order valence-electron chi connectivity index (χ1n) is 1.20. The summed E-state index contributed by atoms with van der Waals surface area (Å²) < 4.78 is 0. The van der Waals surface area contributed by atoms with Gasteiger partial charge in [-0.25, -0.2) is 0 Å². The van der Waals surface area contributed by atoms with Crippen LogP contribution in [0.5, 0.6) is 0 Å². The van der Waals surface area contributed by atoms with Crippen LogP contribution in [0.3, 0.4) is 0 Å². The van der Waals surface area contributed by atoms with E-state index in [0.717, 1.165) is 0 Å². The van der Waals surface area contributed by atoms with Gasteiger partial charge in [-0.15, -0.1) is 0 Å². The first-order chi connectivity index (χ1) is 1.73. The van der Waals surface area contributed by atoms with Gasteiger partial charge in [-0.2, -0.15) is 0 Å². The molecular weight excluding hydrogens is 270 g/mol. The molecule has 0 bridgehead atoms. The Kier molecular flexibility index (Phi) is 3.92. The normalized spacial score (nSPS) is 6.50. The molecule has 0 atom stereocenters. The van der Waals surface area contributed by atoms with Gasteiger partial charge >= 0.3 is 42.8 Å². The molecule has 0 saturated heterocycles. The summed E-state index contributed by atoms with van der Waals surface area (Å²) in [6, 6.07) is 0. The van der Waals surface area contributed by atoms with E-state index in [4.69, 9.17) is 0 Å². The Labute approximate surface area is 42.5 Å². The zero-order valence-corrected chi connectivity index (χ0v) is 8.09. The van der Waals surface area contributed by atoms with Gasteiger partial charge in [-0.3, -0.25) is 0 Å². The average Bonchev–Trinajstić information content (AvgIpc) is 0.811. The average molecular weight is 276 g/mol. The number of hydrogen-bond donors (Lipinski definition) is 0. The summed E-state index contributed by atoms with van der Waals surface area (Å²) in [5.74, 6) is 0. The van der Waals surface area contributed by atoms with E-state index in [9.17, 15) is 0 Å². The quantitative estimate of drug-likeness (QED) is 0.562. The summed E-state index contributed by atoms with van der Waals surface area (Å²) >= 11 is 1.77. The summed E-state index contributed by atoms with van der Waals surface area (Å²) in [5.41, 5.74) is 0. The van der Waals surface area contributed by atoms with Crippen molar-refractivity contribution in [2.75, 3.05) is 0 Å². The fourth-order valence-electron chi connectivity index (χ4n) is 0. The number of hydrogen-bond acceptors (Lipinski definition) is 0. The molecule has 4 heavy (non-hydrogen) atoms. The van der Waals surface area contributed by atoms with E-state index in [1.165, 1.54) is 0 Å². The van der Waals surface area contributed by atoms with Crippen molar-refractivity contribution in [3.8, 4) is 0 Å². The van der Waals surface area contributed by atoms with Crippen LogP contribution >= 0.6 is 0 Å². The maximum atomic E-state index is 2.37. The summed E-state index contributed by atoms with van der Waals surface area (Å²) in [5, 5.41) is 0. The Bertz CT molecular complexity index is 29.0. The second-order valence-electron chi connectivity index (χ2n) is 0.908. The van der Waals surface area contributed by atoms with Gasteiger partial charge < -0.3 is 0 Å². The van der Waals surface area contributed by atoms with Crippen molar-refractivity contribution < 1.29 is 0 Å². The van der Waals surface area contributed by atoms with Crippen LogP contribution in [0, 0.1) is 0 Å². The van der Waals surface area contributed by atoms with Crippen LogP contribution in [0.15, 0.2) is 0 Å². The van der Waals surface area contributed by atoms with Gasteiger partial charge in [0.1, 0.15) is 0 Å². The van der Waals surface area contributed by atoms with Crippen molar-refractivity contribution in [3.05, 3.63) is 0 Å². The SMILES string of the molecule is [CH3][Sn]([CH3])=[Te]. The van der Waals surface area contributed by atoms with Crippen LogP contribution in [0.1, 0.15) is 0 Å². The third kappa shape index (κ3) is 9.53. The third-order valence-corrected chi connectivity index (χ3v) is 0. The van der Waals surface area contributed by atoms with Gasteiger partial charge in [0, 0.05) is 0 Å². The van der Waals surface area contributed by atoms with Crippen LogP contribution in [0.25, 0.3) is 0 Å². The van der Waals surface area contributed by atoms with Crippen LogP contribution in [-0.4, -0.2) is 33.0 Å². The van der Waals surface area contributed by atoms with Gasteiger partial charge in [0.15, 0.2) is 0 Å². The van der Waals surface area contributed by atoms with Crippen LogP contribution in [0.2, 0.25) is 9.88 Å². The fraction of sp³-hybridized carbons (Fsp3) is 1.00. The van der Waals surface area contributed by atoms with Crippen molar-refractivity contribution in [3.63, 3.8) is 0 Å². The molecule has 2 heteroatoms. The molecule has 0 aliphatic heterocycles. The van der Waals surface area contributed by atoms with Crippen molar-refractivity contribution in [1.82, 2.24) is 0 Å².